The average Bonchev–Trinajstić information content (AvgIpc) is 2.89. The number of sulfonamides is 1. The highest BCUT2D eigenvalue weighted by molar-refractivity contribution is 7.89. The van der Waals surface area contributed by atoms with Crippen molar-refractivity contribution in [3.8, 4) is 0 Å². The molecule has 0 bridgehead atoms. The van der Waals surface area contributed by atoms with Crippen LogP contribution >= 0.6 is 0 Å². The van der Waals surface area contributed by atoms with Crippen molar-refractivity contribution >= 4 is 16.0 Å². The molecule has 1 heterocycles. The Kier molecular flexibility index (Phi) is 5.62. The van der Waals surface area contributed by atoms with Crippen molar-refractivity contribution in [3.05, 3.63) is 0 Å². The van der Waals surface area contributed by atoms with E-state index in [0.717, 1.165) is 25.7 Å². The van der Waals surface area contributed by atoms with E-state index in [1.807, 2.05) is 0 Å². The van der Waals surface area contributed by atoms with Crippen LogP contribution in [-0.4, -0.2) is 55.4 Å². The van der Waals surface area contributed by atoms with Gasteiger partial charge in [0.15, 0.2) is 0 Å². The number of aliphatic carboxylic acids is 1. The van der Waals surface area contributed by atoms with Crippen LogP contribution < -0.4 is 0 Å². The summed E-state index contributed by atoms with van der Waals surface area (Å²) in [6.45, 7) is 2.33. The monoisotopic (exact) mass is 319 g/mol. The predicted octanol–water partition coefficient (Wildman–Crippen LogP) is 1.32. The van der Waals surface area contributed by atoms with Gasteiger partial charge in [-0.15, -0.1) is 0 Å². The molecule has 2 rings (SSSR count). The van der Waals surface area contributed by atoms with Crippen LogP contribution in [0, 0.1) is 11.8 Å². The van der Waals surface area contributed by atoms with Crippen LogP contribution in [0.5, 0.6) is 0 Å². The van der Waals surface area contributed by atoms with E-state index >= 15 is 0 Å². The molecule has 1 N–H and O–H groups in total. The van der Waals surface area contributed by atoms with Crippen molar-refractivity contribution in [2.45, 2.75) is 45.1 Å². The molecule has 0 radical (unpaired) electrons. The average molecular weight is 319 g/mol. The Balaban J connectivity index is 2.09. The van der Waals surface area contributed by atoms with E-state index in [2.05, 4.69) is 0 Å². The van der Waals surface area contributed by atoms with E-state index in [-0.39, 0.29) is 24.9 Å². The zero-order chi connectivity index (χ0) is 15.5. The fourth-order valence-corrected chi connectivity index (χ4v) is 5.58. The second-order valence-corrected chi connectivity index (χ2v) is 8.00. The van der Waals surface area contributed by atoms with E-state index in [0.29, 0.717) is 6.54 Å². The lowest BCUT2D eigenvalue weighted by molar-refractivity contribution is -0.142. The smallest absolute Gasteiger partial charge is 0.310 e. The summed E-state index contributed by atoms with van der Waals surface area (Å²) in [5.74, 6) is -1.39. The molecule has 6 nitrogen and oxygen atoms in total. The number of likely N-dealkylation sites (N-methyl/N-ethyl adjacent to an activating group) is 1. The molecule has 122 valence electrons. The first kappa shape index (κ1) is 16.7. The third-order valence-corrected chi connectivity index (χ3v) is 6.71. The zero-order valence-electron chi connectivity index (χ0n) is 12.5. The minimum atomic E-state index is -3.43. The maximum absolute atomic E-state index is 12.7. The second-order valence-electron chi connectivity index (χ2n) is 6.04. The predicted molar refractivity (Wildman–Crippen MR) is 78.5 cm³/mol. The lowest BCUT2D eigenvalue weighted by Gasteiger charge is -2.31. The summed E-state index contributed by atoms with van der Waals surface area (Å²) < 4.78 is 31.9. The number of carboxylic acid groups (broad SMARTS) is 1. The Labute approximate surface area is 126 Å². The van der Waals surface area contributed by atoms with Crippen molar-refractivity contribution in [3.63, 3.8) is 0 Å². The van der Waals surface area contributed by atoms with Gasteiger partial charge in [0.2, 0.25) is 10.0 Å². The molecular weight excluding hydrogens is 294 g/mol. The molecule has 0 aromatic heterocycles. The molecule has 0 amide bonds. The minimum Gasteiger partial charge on any atom is -0.481 e. The Morgan fingerprint density at radius 2 is 1.90 bits per heavy atom. The Hall–Kier alpha value is -0.660. The van der Waals surface area contributed by atoms with Crippen LogP contribution in [0.4, 0.5) is 0 Å². The maximum atomic E-state index is 12.7. The molecule has 0 spiro atoms. The number of nitrogens with zero attached hydrogens (tertiary/aromatic N) is 1. The lowest BCUT2D eigenvalue weighted by atomic mass is 9.91. The number of rotatable bonds is 6. The molecule has 2 atom stereocenters. The highest BCUT2D eigenvalue weighted by Gasteiger charge is 2.42. The minimum absolute atomic E-state index is 0.0927. The topological polar surface area (TPSA) is 83.9 Å². The van der Waals surface area contributed by atoms with Gasteiger partial charge < -0.3 is 9.84 Å². The normalized spacial score (nSPS) is 28.1. The van der Waals surface area contributed by atoms with Gasteiger partial charge in [-0.05, 0) is 18.8 Å². The first-order chi connectivity index (χ1) is 9.95. The van der Waals surface area contributed by atoms with Crippen LogP contribution in [-0.2, 0) is 19.6 Å². The van der Waals surface area contributed by atoms with Crippen LogP contribution in [0.1, 0.15) is 39.0 Å². The summed E-state index contributed by atoms with van der Waals surface area (Å²) in [6.07, 6.45) is 5.29. The number of carbonyl (C=O) groups is 1. The largest absolute Gasteiger partial charge is 0.481 e. The molecule has 0 aromatic carbocycles. The highest BCUT2D eigenvalue weighted by Crippen LogP contribution is 2.28. The third kappa shape index (κ3) is 3.96. The maximum Gasteiger partial charge on any atom is 0.310 e. The lowest BCUT2D eigenvalue weighted by Crippen LogP contribution is -2.48. The van der Waals surface area contributed by atoms with Crippen LogP contribution in [0.15, 0.2) is 0 Å². The fourth-order valence-electron chi connectivity index (χ4n) is 3.45. The summed E-state index contributed by atoms with van der Waals surface area (Å²) in [6, 6.07) is -0.568. The Morgan fingerprint density at radius 3 is 2.48 bits per heavy atom. The van der Waals surface area contributed by atoms with E-state index < -0.39 is 28.0 Å². The van der Waals surface area contributed by atoms with Crippen LogP contribution in [0.2, 0.25) is 0 Å². The molecule has 1 aliphatic heterocycles. The Morgan fingerprint density at radius 1 is 1.24 bits per heavy atom. The second kappa shape index (κ2) is 7.07. The zero-order valence-corrected chi connectivity index (χ0v) is 13.3. The molecule has 7 heteroatoms. The summed E-state index contributed by atoms with van der Waals surface area (Å²) in [5, 5.41) is 9.21. The van der Waals surface area contributed by atoms with Gasteiger partial charge in [0.05, 0.1) is 30.9 Å². The summed E-state index contributed by atoms with van der Waals surface area (Å²) >= 11 is 0. The van der Waals surface area contributed by atoms with E-state index in [1.165, 1.54) is 10.7 Å². The number of carboxylic acids is 1. The number of hydrogen-bond acceptors (Lipinski definition) is 4. The van der Waals surface area contributed by atoms with E-state index in [4.69, 9.17) is 4.74 Å². The van der Waals surface area contributed by atoms with E-state index in [9.17, 15) is 18.3 Å². The van der Waals surface area contributed by atoms with Gasteiger partial charge in [-0.25, -0.2) is 8.42 Å². The molecule has 1 saturated carbocycles. The van der Waals surface area contributed by atoms with Crippen molar-refractivity contribution in [1.82, 2.24) is 4.31 Å². The fraction of sp³-hybridized carbons (Fsp3) is 0.929. The van der Waals surface area contributed by atoms with Crippen molar-refractivity contribution in [2.24, 2.45) is 11.8 Å². The van der Waals surface area contributed by atoms with Crippen LogP contribution in [0.25, 0.3) is 0 Å². The van der Waals surface area contributed by atoms with Crippen molar-refractivity contribution in [1.29, 1.82) is 0 Å². The SMILES string of the molecule is CCN(C1COCC1C(=O)O)S(=O)(=O)CC1CCCCC1. The third-order valence-electron chi connectivity index (χ3n) is 4.58. The molecule has 21 heavy (non-hydrogen) atoms. The molecule has 1 saturated heterocycles. The number of ether oxygens (including phenoxy) is 1. The van der Waals surface area contributed by atoms with Crippen LogP contribution in [0.3, 0.4) is 0 Å². The van der Waals surface area contributed by atoms with Gasteiger partial charge in [-0.3, -0.25) is 4.79 Å². The Bertz CT molecular complexity index is 458. The summed E-state index contributed by atoms with van der Waals surface area (Å²) in [7, 11) is -3.43. The molecule has 1 aliphatic carbocycles. The van der Waals surface area contributed by atoms with Gasteiger partial charge in [-0.2, -0.15) is 4.31 Å². The molecule has 0 aromatic rings. The van der Waals surface area contributed by atoms with Gasteiger partial charge >= 0.3 is 5.97 Å². The first-order valence-electron chi connectivity index (χ1n) is 7.75. The van der Waals surface area contributed by atoms with Crippen molar-refractivity contribution in [2.75, 3.05) is 25.5 Å². The van der Waals surface area contributed by atoms with Gasteiger partial charge in [0, 0.05) is 6.54 Å². The van der Waals surface area contributed by atoms with E-state index in [1.54, 1.807) is 6.92 Å². The number of hydrogen-bond donors (Lipinski definition) is 1. The van der Waals surface area contributed by atoms with Crippen molar-refractivity contribution < 1.29 is 23.1 Å². The standard InChI is InChI=1S/C14H25NO5S/c1-2-15(13-9-20-8-12(13)14(16)17)21(18,19)10-11-6-4-3-5-7-11/h11-13H,2-10H2,1H3,(H,16,17). The van der Waals surface area contributed by atoms with Gasteiger partial charge in [-0.1, -0.05) is 26.2 Å². The summed E-state index contributed by atoms with van der Waals surface area (Å²) in [5.41, 5.74) is 0. The van der Waals surface area contributed by atoms with Gasteiger partial charge in [0.25, 0.3) is 0 Å². The highest BCUT2D eigenvalue weighted by atomic mass is 32.2. The molecular formula is C14H25NO5S. The first-order valence-corrected chi connectivity index (χ1v) is 9.36. The molecule has 2 aliphatic rings. The molecule has 2 unspecified atom stereocenters. The molecule has 2 fully saturated rings. The van der Waals surface area contributed by atoms with Gasteiger partial charge in [0.1, 0.15) is 0 Å². The summed E-state index contributed by atoms with van der Waals surface area (Å²) in [4.78, 5) is 11.2. The quantitative estimate of drug-likeness (QED) is 0.798.